The van der Waals surface area contributed by atoms with Gasteiger partial charge < -0.3 is 9.88 Å². The highest BCUT2D eigenvalue weighted by atomic mass is 16.2. The first-order valence-corrected chi connectivity index (χ1v) is 9.84. The lowest BCUT2D eigenvalue weighted by Gasteiger charge is -2.25. The summed E-state index contributed by atoms with van der Waals surface area (Å²) in [6.07, 6.45) is 3.18. The number of amides is 1. The average molecular weight is 397 g/mol. The van der Waals surface area contributed by atoms with Crippen molar-refractivity contribution >= 4 is 22.5 Å². The van der Waals surface area contributed by atoms with Crippen LogP contribution in [0, 0.1) is 20.8 Å². The van der Waals surface area contributed by atoms with Gasteiger partial charge in [0.2, 0.25) is 0 Å². The Labute approximate surface area is 175 Å². The van der Waals surface area contributed by atoms with Gasteiger partial charge >= 0.3 is 0 Å². The molecule has 0 aliphatic heterocycles. The fourth-order valence-electron chi connectivity index (χ4n) is 3.57. The third-order valence-electron chi connectivity index (χ3n) is 5.22. The maximum Gasteiger partial charge on any atom is 0.260 e. The number of fused-ring (bicyclic) bond motifs is 1. The maximum absolute atomic E-state index is 13.4. The zero-order valence-corrected chi connectivity index (χ0v) is 17.3. The van der Waals surface area contributed by atoms with E-state index in [0.29, 0.717) is 11.1 Å². The van der Waals surface area contributed by atoms with Gasteiger partial charge in [-0.1, -0.05) is 24.3 Å². The summed E-state index contributed by atoms with van der Waals surface area (Å²) in [5, 5.41) is 0.935. The molecule has 0 saturated heterocycles. The van der Waals surface area contributed by atoms with Crippen molar-refractivity contribution < 1.29 is 4.79 Å². The van der Waals surface area contributed by atoms with E-state index >= 15 is 0 Å². The first-order chi connectivity index (χ1) is 14.4. The van der Waals surface area contributed by atoms with Crippen LogP contribution in [0.25, 0.3) is 10.9 Å². The second-order valence-electron chi connectivity index (χ2n) is 7.64. The minimum Gasteiger partial charge on any atom is -0.322 e. The quantitative estimate of drug-likeness (QED) is 0.543. The lowest BCUT2D eigenvalue weighted by Crippen LogP contribution is -2.33. The van der Waals surface area contributed by atoms with Crippen LogP contribution in [0.2, 0.25) is 0 Å². The monoisotopic (exact) mass is 397 g/mol. The number of pyridine rings is 2. The zero-order chi connectivity index (χ0) is 21.3. The second-order valence-corrected chi connectivity index (χ2v) is 7.64. The Hall–Kier alpha value is -3.73. The normalized spacial score (nSPS) is 10.9. The molecule has 0 atom stereocenters. The van der Waals surface area contributed by atoms with Gasteiger partial charge in [-0.3, -0.25) is 14.6 Å². The molecule has 0 aliphatic carbocycles. The highest BCUT2D eigenvalue weighted by molar-refractivity contribution is 6.06. The minimum absolute atomic E-state index is 0.164. The van der Waals surface area contributed by atoms with Crippen molar-refractivity contribution in [3.05, 3.63) is 105 Å². The highest BCUT2D eigenvalue weighted by Gasteiger charge is 2.21. The summed E-state index contributed by atoms with van der Waals surface area (Å²) < 4.78 is 0. The number of hydrogen-bond acceptors (Lipinski definition) is 3. The number of anilines is 1. The third kappa shape index (κ3) is 3.87. The van der Waals surface area contributed by atoms with Gasteiger partial charge in [-0.2, -0.15) is 0 Å². The molecule has 0 fully saturated rings. The summed E-state index contributed by atoms with van der Waals surface area (Å²) in [6, 6.07) is 17.2. The molecule has 2 heterocycles. The molecule has 150 valence electrons. The average Bonchev–Trinajstić information content (AvgIpc) is 2.74. The highest BCUT2D eigenvalue weighted by Crippen LogP contribution is 2.25. The number of rotatable bonds is 4. The number of H-pyrrole nitrogens is 1. The van der Waals surface area contributed by atoms with Crippen molar-refractivity contribution in [1.82, 2.24) is 9.97 Å². The molecule has 1 amide bonds. The van der Waals surface area contributed by atoms with Gasteiger partial charge in [0.15, 0.2) is 0 Å². The Morgan fingerprint density at radius 3 is 2.53 bits per heavy atom. The van der Waals surface area contributed by atoms with Crippen molar-refractivity contribution in [3.63, 3.8) is 0 Å². The van der Waals surface area contributed by atoms with Crippen LogP contribution in [0.1, 0.15) is 32.6 Å². The van der Waals surface area contributed by atoms with E-state index < -0.39 is 0 Å². The summed E-state index contributed by atoms with van der Waals surface area (Å²) in [6.45, 7) is 6.10. The van der Waals surface area contributed by atoms with Crippen molar-refractivity contribution in [2.24, 2.45) is 0 Å². The van der Waals surface area contributed by atoms with Crippen molar-refractivity contribution in [3.8, 4) is 0 Å². The summed E-state index contributed by atoms with van der Waals surface area (Å²) >= 11 is 0. The molecule has 0 bridgehead atoms. The molecule has 0 unspecified atom stereocenters. The number of aromatic nitrogens is 2. The van der Waals surface area contributed by atoms with E-state index in [-0.39, 0.29) is 18.0 Å². The van der Waals surface area contributed by atoms with Crippen molar-refractivity contribution in [2.45, 2.75) is 27.3 Å². The van der Waals surface area contributed by atoms with Crippen LogP contribution < -0.4 is 10.5 Å². The molecule has 2 aromatic heterocycles. The Morgan fingerprint density at radius 1 is 1.00 bits per heavy atom. The van der Waals surface area contributed by atoms with Gasteiger partial charge in [-0.15, -0.1) is 0 Å². The fourth-order valence-corrected chi connectivity index (χ4v) is 3.57. The molecule has 1 N–H and O–H groups in total. The van der Waals surface area contributed by atoms with Crippen LogP contribution in [-0.2, 0) is 6.54 Å². The van der Waals surface area contributed by atoms with E-state index in [0.717, 1.165) is 33.3 Å². The fraction of sp³-hybridized carbons (Fsp3) is 0.160. The molecular weight excluding hydrogens is 374 g/mol. The topological polar surface area (TPSA) is 66.1 Å². The number of carbonyl (C=O) groups excluding carboxylic acids is 1. The van der Waals surface area contributed by atoms with Crippen LogP contribution >= 0.6 is 0 Å². The summed E-state index contributed by atoms with van der Waals surface area (Å²) in [5.41, 5.74) is 5.48. The summed E-state index contributed by atoms with van der Waals surface area (Å²) in [4.78, 5) is 34.9. The van der Waals surface area contributed by atoms with Crippen LogP contribution in [0.5, 0.6) is 0 Å². The van der Waals surface area contributed by atoms with Gasteiger partial charge in [-0.25, -0.2) is 0 Å². The lowest BCUT2D eigenvalue weighted by molar-refractivity contribution is 0.0984. The number of nitrogens with one attached hydrogen (secondary N) is 1. The third-order valence-corrected chi connectivity index (χ3v) is 5.22. The molecule has 5 nitrogen and oxygen atoms in total. The molecule has 4 aromatic rings. The Bertz CT molecular complexity index is 1290. The van der Waals surface area contributed by atoms with E-state index in [1.807, 2.05) is 63.2 Å². The molecule has 2 aromatic carbocycles. The van der Waals surface area contributed by atoms with Gasteiger partial charge in [0, 0.05) is 29.2 Å². The van der Waals surface area contributed by atoms with Gasteiger partial charge in [0.25, 0.3) is 11.5 Å². The summed E-state index contributed by atoms with van der Waals surface area (Å²) in [5.74, 6) is -0.194. The van der Waals surface area contributed by atoms with Crippen LogP contribution in [0.3, 0.4) is 0 Å². The predicted octanol–water partition coefficient (Wildman–Crippen LogP) is 4.70. The van der Waals surface area contributed by atoms with Gasteiger partial charge in [-0.05, 0) is 73.2 Å². The minimum atomic E-state index is -0.194. The molecule has 4 rings (SSSR count). The van der Waals surface area contributed by atoms with Gasteiger partial charge in [0.1, 0.15) is 0 Å². The van der Waals surface area contributed by atoms with Crippen LogP contribution in [-0.4, -0.2) is 15.9 Å². The molecule has 0 radical (unpaired) electrons. The molecule has 0 spiro atoms. The van der Waals surface area contributed by atoms with Gasteiger partial charge in [0.05, 0.1) is 12.1 Å². The number of aromatic amines is 1. The predicted molar refractivity (Wildman–Crippen MR) is 120 cm³/mol. The Balaban J connectivity index is 1.82. The first-order valence-electron chi connectivity index (χ1n) is 9.84. The number of carbonyl (C=O) groups is 1. The lowest BCUT2D eigenvalue weighted by atomic mass is 10.1. The Morgan fingerprint density at radius 2 is 1.77 bits per heavy atom. The number of benzene rings is 2. The number of hydrogen-bond donors (Lipinski definition) is 1. The van der Waals surface area contributed by atoms with E-state index in [9.17, 15) is 9.59 Å². The standard InChI is InChI=1S/C25H23N3O2/c1-16-7-9-19-13-21(24(29)27-22(19)11-16)15-28(23-12-17(2)6-8-18(23)3)25(30)20-5-4-10-26-14-20/h4-14H,15H2,1-3H3,(H,27,29). The SMILES string of the molecule is Cc1ccc(C)c(N(Cc2cc3ccc(C)cc3[nH]c2=O)C(=O)c2cccnc2)c1. The summed E-state index contributed by atoms with van der Waals surface area (Å²) in [7, 11) is 0. The van der Waals surface area contributed by atoms with E-state index in [1.165, 1.54) is 0 Å². The Kier molecular flexibility index (Phi) is 5.19. The van der Waals surface area contributed by atoms with Crippen LogP contribution in [0.4, 0.5) is 5.69 Å². The molecule has 5 heteroatoms. The molecule has 0 saturated carbocycles. The van der Waals surface area contributed by atoms with Crippen molar-refractivity contribution in [1.29, 1.82) is 0 Å². The number of aryl methyl sites for hydroxylation is 3. The first kappa shape index (κ1) is 19.6. The van der Waals surface area contributed by atoms with E-state index in [1.54, 1.807) is 29.4 Å². The molecular formula is C25H23N3O2. The number of nitrogens with zero attached hydrogens (tertiary/aromatic N) is 2. The smallest absolute Gasteiger partial charge is 0.260 e. The second kappa shape index (κ2) is 7.95. The zero-order valence-electron chi connectivity index (χ0n) is 17.3. The van der Waals surface area contributed by atoms with Crippen LogP contribution in [0.15, 0.2) is 71.8 Å². The largest absolute Gasteiger partial charge is 0.322 e. The molecule has 0 aliphatic rings. The van der Waals surface area contributed by atoms with E-state index in [2.05, 4.69) is 9.97 Å². The van der Waals surface area contributed by atoms with Crippen molar-refractivity contribution in [2.75, 3.05) is 4.90 Å². The maximum atomic E-state index is 13.4. The van der Waals surface area contributed by atoms with E-state index in [4.69, 9.17) is 0 Å². The molecule has 30 heavy (non-hydrogen) atoms.